The maximum Gasteiger partial charge on any atom is 0.312 e. The van der Waals surface area contributed by atoms with Gasteiger partial charge in [0.25, 0.3) is 0 Å². The molecule has 1 aromatic heterocycles. The molecule has 2 bridgehead atoms. The zero-order chi connectivity index (χ0) is 24.7. The molecule has 2 amide bonds. The number of β-amino-alcohol motifs (C(OH)–C–C–N with tert-alkyl or cyclic N) is 1. The van der Waals surface area contributed by atoms with Crippen LogP contribution in [0.1, 0.15) is 19.8 Å². The highest BCUT2D eigenvalue weighted by Gasteiger charge is 2.75. The summed E-state index contributed by atoms with van der Waals surface area (Å²) in [4.78, 5) is 43.4. The molecule has 3 aliphatic heterocycles. The van der Waals surface area contributed by atoms with Crippen LogP contribution in [0.4, 0.5) is 0 Å². The number of aliphatic hydroxyl groups is 1. The first-order valence-corrected chi connectivity index (χ1v) is 11.9. The van der Waals surface area contributed by atoms with Gasteiger partial charge in [0.05, 0.1) is 36.7 Å². The monoisotopic (exact) mass is 483 g/mol. The Bertz CT molecular complexity index is 1170. The zero-order valence-electron chi connectivity index (χ0n) is 19.6. The summed E-state index contributed by atoms with van der Waals surface area (Å²) in [6.45, 7) is 5.63. The highest BCUT2D eigenvalue weighted by atomic mass is 16.6. The Kier molecular flexibility index (Phi) is 6.06. The first-order valence-electron chi connectivity index (χ1n) is 11.9. The van der Waals surface area contributed by atoms with Crippen LogP contribution in [0.5, 0.6) is 0 Å². The van der Waals surface area contributed by atoms with Crippen LogP contribution in [-0.4, -0.2) is 91.7 Å². The van der Waals surface area contributed by atoms with Gasteiger partial charge in [0, 0.05) is 13.1 Å². The van der Waals surface area contributed by atoms with Gasteiger partial charge < -0.3 is 24.4 Å². The molecule has 11 nitrogen and oxygen atoms in total. The lowest BCUT2D eigenvalue weighted by Crippen LogP contribution is -2.56. The predicted octanol–water partition coefficient (Wildman–Crippen LogP) is 0.333. The van der Waals surface area contributed by atoms with Crippen molar-refractivity contribution < 1.29 is 29.0 Å². The number of nitrogens with zero attached hydrogens (tertiary/aromatic N) is 5. The van der Waals surface area contributed by atoms with Gasteiger partial charge in [0.1, 0.15) is 23.8 Å². The van der Waals surface area contributed by atoms with E-state index in [-0.39, 0.29) is 44.8 Å². The third-order valence-corrected chi connectivity index (χ3v) is 7.32. The maximum absolute atomic E-state index is 14.1. The van der Waals surface area contributed by atoms with Gasteiger partial charge in [-0.15, -0.1) is 11.7 Å². The first kappa shape index (κ1) is 23.4. The number of amides is 2. The summed E-state index contributed by atoms with van der Waals surface area (Å²) in [5, 5.41) is 18.1. The number of ether oxygens (including phenoxy) is 2. The van der Waals surface area contributed by atoms with Crippen molar-refractivity contribution in [3.63, 3.8) is 0 Å². The molecule has 1 N–H and O–H groups in total. The minimum Gasteiger partial charge on any atom is -0.466 e. The number of rotatable bonds is 9. The second kappa shape index (κ2) is 9.04. The molecule has 5 atom stereocenters. The van der Waals surface area contributed by atoms with E-state index in [4.69, 9.17) is 9.47 Å². The Morgan fingerprint density at radius 3 is 2.94 bits per heavy atom. The second-order valence-corrected chi connectivity index (χ2v) is 9.13. The number of hydrogen-bond acceptors (Lipinski definition) is 8. The van der Waals surface area contributed by atoms with E-state index in [0.29, 0.717) is 18.4 Å². The van der Waals surface area contributed by atoms with Gasteiger partial charge in [-0.3, -0.25) is 14.4 Å². The summed E-state index contributed by atoms with van der Waals surface area (Å²) in [6, 6.07) is 6.44. The molecular weight excluding hydrogens is 454 g/mol. The second-order valence-electron chi connectivity index (χ2n) is 9.13. The molecule has 5 rings (SSSR count). The summed E-state index contributed by atoms with van der Waals surface area (Å²) >= 11 is 0. The van der Waals surface area contributed by atoms with Crippen molar-refractivity contribution in [1.82, 2.24) is 24.8 Å². The minimum absolute atomic E-state index is 0.0365. The molecule has 1 aromatic carbocycles. The fourth-order valence-corrected chi connectivity index (χ4v) is 6.02. The summed E-state index contributed by atoms with van der Waals surface area (Å²) in [6.07, 6.45) is 2.16. The lowest BCUT2D eigenvalue weighted by Gasteiger charge is -2.36. The number of aliphatic hydroxyl groups excluding tert-OH is 1. The van der Waals surface area contributed by atoms with Crippen LogP contribution in [0.15, 0.2) is 36.9 Å². The quantitative estimate of drug-likeness (QED) is 0.399. The summed E-state index contributed by atoms with van der Waals surface area (Å²) < 4.78 is 13.2. The van der Waals surface area contributed by atoms with Crippen LogP contribution in [0, 0.1) is 11.8 Å². The standard InChI is InChI=1S/C24H29N5O6/c1-3-11-27(14-29-16-8-6-5-7-15(16)25-26-29)22(32)20-24-10-9-17(35-24)18(23(33)34-4-2)19(24)21(31)28(20)12-13-30/h3,5-8,17-20,30H,1,4,9-14H2,2H3/t17-,18+,19-,20?,24?/m0/s1. The molecular formula is C24H29N5O6. The molecule has 4 heterocycles. The molecule has 0 radical (unpaired) electrons. The van der Waals surface area contributed by atoms with Crippen LogP contribution in [-0.2, 0) is 30.5 Å². The van der Waals surface area contributed by atoms with E-state index in [1.807, 2.05) is 24.3 Å². The van der Waals surface area contributed by atoms with Crippen molar-refractivity contribution in [1.29, 1.82) is 0 Å². The smallest absolute Gasteiger partial charge is 0.312 e. The van der Waals surface area contributed by atoms with E-state index in [1.54, 1.807) is 22.6 Å². The third-order valence-electron chi connectivity index (χ3n) is 7.32. The zero-order valence-corrected chi connectivity index (χ0v) is 19.6. The van der Waals surface area contributed by atoms with Crippen LogP contribution in [0.3, 0.4) is 0 Å². The molecule has 2 unspecified atom stereocenters. The SMILES string of the molecule is C=CCN(Cn1nnc2ccccc21)C(=O)C1N(CCO)C(=O)[C@@H]2[C@H](C(=O)OCC)[C@@H]3CCC12O3. The number of carbonyl (C=O) groups excluding carboxylic acids is 3. The number of para-hydroxylation sites is 1. The number of fused-ring (bicyclic) bond motifs is 2. The largest absolute Gasteiger partial charge is 0.466 e. The number of benzene rings is 1. The number of likely N-dealkylation sites (tertiary alicyclic amines) is 1. The third kappa shape index (κ3) is 3.52. The van der Waals surface area contributed by atoms with Gasteiger partial charge in [-0.25, -0.2) is 4.68 Å². The molecule has 1 spiro atoms. The molecule has 2 aromatic rings. The van der Waals surface area contributed by atoms with Crippen LogP contribution < -0.4 is 0 Å². The molecule has 0 saturated carbocycles. The number of esters is 1. The van der Waals surface area contributed by atoms with Crippen molar-refractivity contribution in [3.8, 4) is 0 Å². The van der Waals surface area contributed by atoms with Crippen LogP contribution in [0.2, 0.25) is 0 Å². The number of hydrogen-bond donors (Lipinski definition) is 1. The molecule has 3 aliphatic rings. The van der Waals surface area contributed by atoms with Gasteiger partial charge in [-0.05, 0) is 31.9 Å². The Hall–Kier alpha value is -3.31. The highest BCUT2D eigenvalue weighted by Crippen LogP contribution is 2.58. The fourth-order valence-electron chi connectivity index (χ4n) is 6.02. The fraction of sp³-hybridized carbons (Fsp3) is 0.542. The first-order chi connectivity index (χ1) is 17.0. The molecule has 3 saturated heterocycles. The minimum atomic E-state index is -1.14. The average Bonchev–Trinajstić information content (AvgIpc) is 3.59. The van der Waals surface area contributed by atoms with E-state index < -0.39 is 35.6 Å². The van der Waals surface area contributed by atoms with Gasteiger partial charge in [0.15, 0.2) is 0 Å². The summed E-state index contributed by atoms with van der Waals surface area (Å²) in [5.74, 6) is -2.77. The van der Waals surface area contributed by atoms with Crippen molar-refractivity contribution in [2.24, 2.45) is 11.8 Å². The van der Waals surface area contributed by atoms with Crippen molar-refractivity contribution in [2.45, 2.75) is 44.2 Å². The van der Waals surface area contributed by atoms with Gasteiger partial charge in [-0.1, -0.05) is 23.4 Å². The Morgan fingerprint density at radius 1 is 1.40 bits per heavy atom. The van der Waals surface area contributed by atoms with E-state index in [1.165, 1.54) is 4.90 Å². The van der Waals surface area contributed by atoms with Crippen LogP contribution in [0.25, 0.3) is 11.0 Å². The number of aromatic nitrogens is 3. The molecule has 0 aliphatic carbocycles. The summed E-state index contributed by atoms with van der Waals surface area (Å²) in [5.41, 5.74) is 0.320. The molecule has 3 fully saturated rings. The van der Waals surface area contributed by atoms with Gasteiger partial charge in [-0.2, -0.15) is 0 Å². The van der Waals surface area contributed by atoms with E-state index >= 15 is 0 Å². The molecule has 186 valence electrons. The normalized spacial score (nSPS) is 29.0. The van der Waals surface area contributed by atoms with Crippen molar-refractivity contribution in [3.05, 3.63) is 36.9 Å². The predicted molar refractivity (Wildman–Crippen MR) is 122 cm³/mol. The van der Waals surface area contributed by atoms with Gasteiger partial charge in [0.2, 0.25) is 11.8 Å². The Balaban J connectivity index is 1.50. The van der Waals surface area contributed by atoms with Crippen LogP contribution >= 0.6 is 0 Å². The lowest BCUT2D eigenvalue weighted by atomic mass is 9.70. The maximum atomic E-state index is 14.1. The summed E-state index contributed by atoms with van der Waals surface area (Å²) in [7, 11) is 0. The lowest BCUT2D eigenvalue weighted by molar-refractivity contribution is -0.155. The van der Waals surface area contributed by atoms with E-state index in [0.717, 1.165) is 5.52 Å². The average molecular weight is 484 g/mol. The molecule has 11 heteroatoms. The Labute approximate surface area is 202 Å². The molecule has 35 heavy (non-hydrogen) atoms. The highest BCUT2D eigenvalue weighted by molar-refractivity contribution is 5.98. The van der Waals surface area contributed by atoms with Crippen molar-refractivity contribution >= 4 is 28.8 Å². The topological polar surface area (TPSA) is 127 Å². The number of carbonyl (C=O) groups is 3. The van der Waals surface area contributed by atoms with E-state index in [2.05, 4.69) is 16.9 Å². The Morgan fingerprint density at radius 2 is 2.20 bits per heavy atom. The van der Waals surface area contributed by atoms with Crippen molar-refractivity contribution in [2.75, 3.05) is 26.3 Å². The van der Waals surface area contributed by atoms with Gasteiger partial charge >= 0.3 is 5.97 Å². The van der Waals surface area contributed by atoms with E-state index in [9.17, 15) is 19.5 Å².